The van der Waals surface area contributed by atoms with Crippen molar-refractivity contribution in [3.05, 3.63) is 11.3 Å². The number of hydrogen-bond acceptors (Lipinski definition) is 3. The Bertz CT molecular complexity index is 176. The standard InChI is InChI=1S/C4H5FN2S.C2H6/c1-6-4-7-2-3(5)8-4;1-2/h2H,1H3,(H,6,7);1-2H3. The van der Waals surface area contributed by atoms with E-state index in [9.17, 15) is 4.39 Å². The molecule has 0 radical (unpaired) electrons. The van der Waals surface area contributed by atoms with Crippen molar-refractivity contribution in [3.8, 4) is 0 Å². The van der Waals surface area contributed by atoms with E-state index in [4.69, 9.17) is 0 Å². The van der Waals surface area contributed by atoms with E-state index in [1.54, 1.807) is 7.05 Å². The average molecular weight is 162 g/mol. The van der Waals surface area contributed by atoms with Crippen LogP contribution in [0.25, 0.3) is 0 Å². The van der Waals surface area contributed by atoms with Crippen molar-refractivity contribution >= 4 is 16.5 Å². The van der Waals surface area contributed by atoms with Crippen LogP contribution in [-0.4, -0.2) is 12.0 Å². The van der Waals surface area contributed by atoms with Crippen molar-refractivity contribution in [1.29, 1.82) is 0 Å². The van der Waals surface area contributed by atoms with Gasteiger partial charge in [-0.2, -0.15) is 4.39 Å². The van der Waals surface area contributed by atoms with E-state index in [0.29, 0.717) is 5.13 Å². The van der Waals surface area contributed by atoms with Gasteiger partial charge in [0.1, 0.15) is 0 Å². The van der Waals surface area contributed by atoms with E-state index in [1.165, 1.54) is 6.20 Å². The molecule has 0 aliphatic heterocycles. The minimum atomic E-state index is -0.255. The second-order valence-electron chi connectivity index (χ2n) is 1.22. The van der Waals surface area contributed by atoms with Crippen LogP contribution in [0.5, 0.6) is 0 Å². The minimum absolute atomic E-state index is 0.255. The van der Waals surface area contributed by atoms with Crippen LogP contribution in [0.4, 0.5) is 9.52 Å². The van der Waals surface area contributed by atoms with E-state index in [-0.39, 0.29) is 5.13 Å². The first-order valence-corrected chi connectivity index (χ1v) is 3.93. The van der Waals surface area contributed by atoms with Crippen LogP contribution in [0.2, 0.25) is 0 Å². The third kappa shape index (κ3) is 2.77. The van der Waals surface area contributed by atoms with Crippen molar-refractivity contribution in [2.24, 2.45) is 0 Å². The zero-order valence-electron chi connectivity index (χ0n) is 6.31. The van der Waals surface area contributed by atoms with E-state index < -0.39 is 0 Å². The molecule has 1 aromatic heterocycles. The molecule has 1 heterocycles. The minimum Gasteiger partial charge on any atom is -0.365 e. The maximum atomic E-state index is 12.0. The Labute approximate surface area is 64.1 Å². The summed E-state index contributed by atoms with van der Waals surface area (Å²) in [6, 6.07) is 0. The summed E-state index contributed by atoms with van der Waals surface area (Å²) in [5, 5.41) is 3.07. The van der Waals surface area contributed by atoms with Gasteiger partial charge in [-0.05, 0) is 0 Å². The molecule has 0 aliphatic rings. The van der Waals surface area contributed by atoms with Gasteiger partial charge in [0.05, 0.1) is 6.20 Å². The molecule has 0 aromatic carbocycles. The van der Waals surface area contributed by atoms with Crippen molar-refractivity contribution in [2.45, 2.75) is 13.8 Å². The zero-order chi connectivity index (χ0) is 7.98. The van der Waals surface area contributed by atoms with Gasteiger partial charge in [0.25, 0.3) is 0 Å². The lowest BCUT2D eigenvalue weighted by molar-refractivity contribution is 0.653. The molecular weight excluding hydrogens is 151 g/mol. The number of thiazole rings is 1. The Morgan fingerprint density at radius 1 is 1.60 bits per heavy atom. The van der Waals surface area contributed by atoms with E-state index >= 15 is 0 Å². The molecule has 0 saturated heterocycles. The monoisotopic (exact) mass is 162 g/mol. The number of hydrogen-bond donors (Lipinski definition) is 1. The molecule has 0 unspecified atom stereocenters. The highest BCUT2D eigenvalue weighted by Gasteiger charge is 1.94. The number of nitrogens with one attached hydrogen (secondary N) is 1. The Balaban J connectivity index is 0.000000371. The predicted octanol–water partition coefficient (Wildman–Crippen LogP) is 2.35. The Morgan fingerprint density at radius 3 is 2.40 bits per heavy atom. The summed E-state index contributed by atoms with van der Waals surface area (Å²) in [6.45, 7) is 4.00. The van der Waals surface area contributed by atoms with Crippen LogP contribution in [-0.2, 0) is 0 Å². The normalized spacial score (nSPS) is 8.00. The number of rotatable bonds is 1. The van der Waals surface area contributed by atoms with Crippen LogP contribution in [0, 0.1) is 5.13 Å². The van der Waals surface area contributed by atoms with Crippen molar-refractivity contribution in [3.63, 3.8) is 0 Å². The smallest absolute Gasteiger partial charge is 0.198 e. The Morgan fingerprint density at radius 2 is 2.20 bits per heavy atom. The largest absolute Gasteiger partial charge is 0.365 e. The van der Waals surface area contributed by atoms with Crippen molar-refractivity contribution in [2.75, 3.05) is 12.4 Å². The summed E-state index contributed by atoms with van der Waals surface area (Å²) in [5.74, 6) is 0. The highest BCUT2D eigenvalue weighted by Crippen LogP contribution is 2.13. The molecule has 1 N–H and O–H groups in total. The second kappa shape index (κ2) is 5.17. The van der Waals surface area contributed by atoms with E-state index in [2.05, 4.69) is 10.3 Å². The first kappa shape index (κ1) is 9.36. The molecule has 0 atom stereocenters. The molecule has 1 rings (SSSR count). The van der Waals surface area contributed by atoms with Gasteiger partial charge in [0.15, 0.2) is 10.3 Å². The summed E-state index contributed by atoms with van der Waals surface area (Å²) >= 11 is 0.999. The van der Waals surface area contributed by atoms with Crippen LogP contribution in [0.1, 0.15) is 13.8 Å². The number of nitrogens with zero attached hydrogens (tertiary/aromatic N) is 1. The fourth-order valence-corrected chi connectivity index (χ4v) is 0.868. The molecule has 0 spiro atoms. The predicted molar refractivity (Wildman–Crippen MR) is 43.0 cm³/mol. The summed E-state index contributed by atoms with van der Waals surface area (Å²) in [7, 11) is 1.71. The molecule has 0 aliphatic carbocycles. The number of aromatic nitrogens is 1. The highest BCUT2D eigenvalue weighted by molar-refractivity contribution is 7.13. The molecule has 0 fully saturated rings. The molecular formula is C6H11FN2S. The van der Waals surface area contributed by atoms with Gasteiger partial charge in [-0.15, -0.1) is 0 Å². The molecule has 4 heteroatoms. The fraction of sp³-hybridized carbons (Fsp3) is 0.500. The first-order chi connectivity index (χ1) is 4.83. The van der Waals surface area contributed by atoms with Gasteiger partial charge in [0.2, 0.25) is 0 Å². The molecule has 0 bridgehead atoms. The van der Waals surface area contributed by atoms with Crippen LogP contribution in [0.3, 0.4) is 0 Å². The third-order valence-corrected chi connectivity index (χ3v) is 1.49. The summed E-state index contributed by atoms with van der Waals surface area (Å²) < 4.78 is 12.0. The van der Waals surface area contributed by atoms with E-state index in [1.807, 2.05) is 13.8 Å². The fourth-order valence-electron chi connectivity index (χ4n) is 0.370. The van der Waals surface area contributed by atoms with Gasteiger partial charge in [-0.1, -0.05) is 25.2 Å². The van der Waals surface area contributed by atoms with Gasteiger partial charge in [-0.25, -0.2) is 4.98 Å². The molecule has 10 heavy (non-hydrogen) atoms. The van der Waals surface area contributed by atoms with Gasteiger partial charge < -0.3 is 5.32 Å². The Hall–Kier alpha value is -0.640. The molecule has 0 amide bonds. The summed E-state index contributed by atoms with van der Waals surface area (Å²) in [4.78, 5) is 3.67. The van der Waals surface area contributed by atoms with Crippen LogP contribution >= 0.6 is 11.3 Å². The van der Waals surface area contributed by atoms with E-state index in [0.717, 1.165) is 11.3 Å². The third-order valence-electron chi connectivity index (χ3n) is 0.691. The van der Waals surface area contributed by atoms with Gasteiger partial charge >= 0.3 is 0 Å². The van der Waals surface area contributed by atoms with Crippen LogP contribution in [0.15, 0.2) is 6.20 Å². The average Bonchev–Trinajstić information content (AvgIpc) is 2.40. The lowest BCUT2D eigenvalue weighted by atomic mass is 11.0. The van der Waals surface area contributed by atoms with Gasteiger partial charge in [-0.3, -0.25) is 0 Å². The summed E-state index contributed by atoms with van der Waals surface area (Å²) in [5.41, 5.74) is 0. The van der Waals surface area contributed by atoms with Crippen molar-refractivity contribution < 1.29 is 4.39 Å². The second-order valence-corrected chi connectivity index (χ2v) is 2.20. The number of anilines is 1. The van der Waals surface area contributed by atoms with Crippen molar-refractivity contribution in [1.82, 2.24) is 4.98 Å². The molecule has 0 saturated carbocycles. The zero-order valence-corrected chi connectivity index (χ0v) is 7.13. The van der Waals surface area contributed by atoms with Gasteiger partial charge in [0, 0.05) is 7.05 Å². The topological polar surface area (TPSA) is 24.9 Å². The highest BCUT2D eigenvalue weighted by atomic mass is 32.1. The number of halogens is 1. The Kier molecular flexibility index (Phi) is 4.84. The maximum Gasteiger partial charge on any atom is 0.198 e. The summed E-state index contributed by atoms with van der Waals surface area (Å²) in [6.07, 6.45) is 1.19. The lowest BCUT2D eigenvalue weighted by Gasteiger charge is -1.83. The maximum absolute atomic E-state index is 12.0. The molecule has 1 aromatic rings. The van der Waals surface area contributed by atoms with Crippen LogP contribution < -0.4 is 5.32 Å². The lowest BCUT2D eigenvalue weighted by Crippen LogP contribution is -1.83. The molecule has 58 valence electrons. The molecule has 2 nitrogen and oxygen atoms in total. The SMILES string of the molecule is CC.CNc1ncc(F)s1. The quantitative estimate of drug-likeness (QED) is 0.685. The first-order valence-electron chi connectivity index (χ1n) is 3.12.